The minimum Gasteiger partial charge on any atom is -0.444 e. The van der Waals surface area contributed by atoms with Crippen LogP contribution in [0.25, 0.3) is 0 Å². The molecule has 2 rings (SSSR count). The van der Waals surface area contributed by atoms with E-state index in [0.29, 0.717) is 31.5 Å². The second-order valence-corrected chi connectivity index (χ2v) is 7.01. The molecule has 7 heteroatoms. The normalized spacial score (nSPS) is 18.0. The number of aromatic nitrogens is 2. The van der Waals surface area contributed by atoms with Gasteiger partial charge in [0.1, 0.15) is 12.2 Å². The van der Waals surface area contributed by atoms with Crippen molar-refractivity contribution in [2.24, 2.45) is 0 Å². The van der Waals surface area contributed by atoms with Gasteiger partial charge < -0.3 is 18.8 Å². The lowest BCUT2D eigenvalue weighted by molar-refractivity contribution is -0.101. The predicted octanol–water partition coefficient (Wildman–Crippen LogP) is 3.07. The van der Waals surface area contributed by atoms with Crippen LogP contribution in [0.1, 0.15) is 58.7 Å². The lowest BCUT2D eigenvalue weighted by Crippen LogP contribution is -2.49. The molecule has 1 fully saturated rings. The smallest absolute Gasteiger partial charge is 0.410 e. The number of carbonyl (C=O) groups excluding carboxylic acids is 1. The van der Waals surface area contributed by atoms with E-state index in [2.05, 4.69) is 17.1 Å². The fourth-order valence-electron chi connectivity index (χ4n) is 2.63. The highest BCUT2D eigenvalue weighted by molar-refractivity contribution is 5.68. The van der Waals surface area contributed by atoms with E-state index < -0.39 is 5.60 Å². The van der Waals surface area contributed by atoms with Crippen LogP contribution in [0.15, 0.2) is 4.42 Å². The van der Waals surface area contributed by atoms with Gasteiger partial charge in [-0.1, -0.05) is 6.92 Å². The van der Waals surface area contributed by atoms with Crippen LogP contribution in [0, 0.1) is 6.92 Å². The summed E-state index contributed by atoms with van der Waals surface area (Å²) in [6, 6.07) is 0. The Morgan fingerprint density at radius 3 is 2.43 bits per heavy atom. The van der Waals surface area contributed by atoms with Crippen molar-refractivity contribution in [2.75, 3.05) is 13.1 Å². The van der Waals surface area contributed by atoms with Gasteiger partial charge in [0.05, 0.1) is 5.60 Å². The average molecular weight is 325 g/mol. The summed E-state index contributed by atoms with van der Waals surface area (Å²) < 4.78 is 16.8. The molecular weight excluding hydrogens is 298 g/mol. The van der Waals surface area contributed by atoms with Crippen molar-refractivity contribution in [1.29, 1.82) is 0 Å². The highest BCUT2D eigenvalue weighted by Crippen LogP contribution is 2.31. The van der Waals surface area contributed by atoms with Crippen molar-refractivity contribution in [3.63, 3.8) is 0 Å². The lowest BCUT2D eigenvalue weighted by atomic mass is 9.88. The Bertz CT molecular complexity index is 528. The summed E-state index contributed by atoms with van der Waals surface area (Å²) in [4.78, 5) is 13.9. The number of nitrogens with zero attached hydrogens (tertiary/aromatic N) is 3. The molecule has 1 aromatic heterocycles. The first-order chi connectivity index (χ1) is 10.7. The molecule has 7 nitrogen and oxygen atoms in total. The lowest BCUT2D eigenvalue weighted by Gasteiger charge is -2.41. The molecule has 0 N–H and O–H groups in total. The summed E-state index contributed by atoms with van der Waals surface area (Å²) in [6.45, 7) is 11.0. The minimum absolute atomic E-state index is 0.249. The summed E-state index contributed by atoms with van der Waals surface area (Å²) in [6.07, 6.45) is 2.17. The van der Waals surface area contributed by atoms with Crippen LogP contribution < -0.4 is 0 Å². The highest BCUT2D eigenvalue weighted by atomic mass is 16.6. The van der Waals surface area contributed by atoms with E-state index in [-0.39, 0.29) is 11.7 Å². The molecule has 1 saturated heterocycles. The van der Waals surface area contributed by atoms with E-state index in [9.17, 15) is 4.79 Å². The molecule has 23 heavy (non-hydrogen) atoms. The van der Waals surface area contributed by atoms with Gasteiger partial charge in [0.2, 0.25) is 11.8 Å². The number of rotatable bonds is 4. The Labute approximate surface area is 137 Å². The summed E-state index contributed by atoms with van der Waals surface area (Å²) in [7, 11) is 0. The van der Waals surface area contributed by atoms with Gasteiger partial charge in [0.15, 0.2) is 0 Å². The third-order valence-electron chi connectivity index (χ3n) is 4.04. The molecule has 0 saturated carbocycles. The summed E-state index contributed by atoms with van der Waals surface area (Å²) in [5.74, 6) is 1.03. The fraction of sp³-hybridized carbons (Fsp3) is 0.812. The zero-order chi connectivity index (χ0) is 17.1. The third kappa shape index (κ3) is 4.92. The van der Waals surface area contributed by atoms with E-state index in [1.165, 1.54) is 0 Å². The zero-order valence-corrected chi connectivity index (χ0v) is 14.7. The third-order valence-corrected chi connectivity index (χ3v) is 4.04. The summed E-state index contributed by atoms with van der Waals surface area (Å²) in [5.41, 5.74) is -0.719. The van der Waals surface area contributed by atoms with Gasteiger partial charge in [-0.3, -0.25) is 0 Å². The molecule has 1 aliphatic rings. The topological polar surface area (TPSA) is 77.7 Å². The van der Waals surface area contributed by atoms with Gasteiger partial charge in [0, 0.05) is 20.0 Å². The largest absolute Gasteiger partial charge is 0.444 e. The second kappa shape index (κ2) is 6.86. The molecule has 0 unspecified atom stereocenters. The molecule has 0 bridgehead atoms. The first-order valence-corrected chi connectivity index (χ1v) is 8.14. The van der Waals surface area contributed by atoms with Crippen LogP contribution in [-0.4, -0.2) is 45.5 Å². The van der Waals surface area contributed by atoms with E-state index in [1.807, 2.05) is 20.8 Å². The molecule has 0 aliphatic carbocycles. The van der Waals surface area contributed by atoms with E-state index in [4.69, 9.17) is 13.9 Å². The standard InChI is InChI=1S/C16H27N3O4/c1-6-16(21-11-13-18-17-12(2)22-13)7-9-19(10-8-16)14(20)23-15(3,4)5/h6-11H2,1-5H3. The molecule has 1 aliphatic heterocycles. The molecule has 0 atom stereocenters. The van der Waals surface area contributed by atoms with Crippen molar-refractivity contribution in [3.05, 3.63) is 11.8 Å². The monoisotopic (exact) mass is 325 g/mol. The molecular formula is C16H27N3O4. The van der Waals surface area contributed by atoms with Crippen molar-refractivity contribution in [3.8, 4) is 0 Å². The maximum Gasteiger partial charge on any atom is 0.410 e. The minimum atomic E-state index is -0.470. The number of amides is 1. The number of piperidine rings is 1. The fourth-order valence-corrected chi connectivity index (χ4v) is 2.63. The first-order valence-electron chi connectivity index (χ1n) is 8.14. The van der Waals surface area contributed by atoms with Crippen LogP contribution in [0.2, 0.25) is 0 Å². The van der Waals surface area contributed by atoms with Crippen LogP contribution in [-0.2, 0) is 16.1 Å². The summed E-state index contributed by atoms with van der Waals surface area (Å²) in [5, 5.41) is 7.75. The Hall–Kier alpha value is -1.63. The molecule has 130 valence electrons. The Morgan fingerprint density at radius 1 is 1.30 bits per heavy atom. The number of hydrogen-bond donors (Lipinski definition) is 0. The SMILES string of the molecule is CCC1(OCc2nnc(C)o2)CCN(C(=O)OC(C)(C)C)CC1. The van der Waals surface area contributed by atoms with E-state index in [0.717, 1.165) is 19.3 Å². The Kier molecular flexibility index (Phi) is 5.29. The maximum absolute atomic E-state index is 12.1. The number of likely N-dealkylation sites (tertiary alicyclic amines) is 1. The van der Waals surface area contributed by atoms with Gasteiger partial charge >= 0.3 is 6.09 Å². The van der Waals surface area contributed by atoms with Crippen molar-refractivity contribution < 1.29 is 18.7 Å². The first kappa shape index (κ1) is 17.7. The molecule has 1 aromatic rings. The highest BCUT2D eigenvalue weighted by Gasteiger charge is 2.37. The number of hydrogen-bond acceptors (Lipinski definition) is 6. The van der Waals surface area contributed by atoms with Gasteiger partial charge in [-0.25, -0.2) is 4.79 Å². The van der Waals surface area contributed by atoms with E-state index in [1.54, 1.807) is 11.8 Å². The zero-order valence-electron chi connectivity index (χ0n) is 14.7. The summed E-state index contributed by atoms with van der Waals surface area (Å²) >= 11 is 0. The van der Waals surface area contributed by atoms with E-state index >= 15 is 0 Å². The van der Waals surface area contributed by atoms with Gasteiger partial charge in [0.25, 0.3) is 0 Å². The van der Waals surface area contributed by atoms with Gasteiger partial charge in [-0.15, -0.1) is 10.2 Å². The van der Waals surface area contributed by atoms with Gasteiger partial charge in [-0.05, 0) is 40.0 Å². The van der Waals surface area contributed by atoms with Crippen LogP contribution in [0.5, 0.6) is 0 Å². The van der Waals surface area contributed by atoms with Crippen LogP contribution >= 0.6 is 0 Å². The Balaban J connectivity index is 1.87. The molecule has 0 spiro atoms. The quantitative estimate of drug-likeness (QED) is 0.846. The second-order valence-electron chi connectivity index (χ2n) is 7.01. The van der Waals surface area contributed by atoms with Crippen molar-refractivity contribution in [2.45, 2.75) is 71.7 Å². The predicted molar refractivity (Wildman–Crippen MR) is 83.9 cm³/mol. The Morgan fingerprint density at radius 2 is 1.96 bits per heavy atom. The van der Waals surface area contributed by atoms with Crippen molar-refractivity contribution in [1.82, 2.24) is 15.1 Å². The molecule has 2 heterocycles. The van der Waals surface area contributed by atoms with Gasteiger partial charge in [-0.2, -0.15) is 0 Å². The van der Waals surface area contributed by atoms with Crippen molar-refractivity contribution >= 4 is 6.09 Å². The molecule has 1 amide bonds. The number of aryl methyl sites for hydroxylation is 1. The number of ether oxygens (including phenoxy) is 2. The maximum atomic E-state index is 12.1. The number of carbonyl (C=O) groups is 1. The molecule has 0 radical (unpaired) electrons. The molecule has 0 aromatic carbocycles. The average Bonchev–Trinajstić information content (AvgIpc) is 2.89. The van der Waals surface area contributed by atoms with Crippen LogP contribution in [0.3, 0.4) is 0 Å². The van der Waals surface area contributed by atoms with Crippen LogP contribution in [0.4, 0.5) is 4.79 Å².